The topological polar surface area (TPSA) is 35.8 Å². The fourth-order valence-electron chi connectivity index (χ4n) is 2.91. The first-order valence-electron chi connectivity index (χ1n) is 7.42. The van der Waals surface area contributed by atoms with Gasteiger partial charge in [0.25, 0.3) is 0 Å². The number of nitrogens with zero attached hydrogens (tertiary/aromatic N) is 1. The molecule has 2 atom stereocenters. The van der Waals surface area contributed by atoms with Crippen molar-refractivity contribution in [1.82, 2.24) is 5.32 Å². The Morgan fingerprint density at radius 1 is 1.26 bits per heavy atom. The van der Waals surface area contributed by atoms with Gasteiger partial charge in [-0.3, -0.25) is 0 Å². The summed E-state index contributed by atoms with van der Waals surface area (Å²) in [6.07, 6.45) is 6.69. The first-order valence-corrected chi connectivity index (χ1v) is 7.42. The highest BCUT2D eigenvalue weighted by atomic mass is 14.9. The third-order valence-electron chi connectivity index (χ3n) is 4.31. The Kier molecular flexibility index (Phi) is 4.99. The van der Waals surface area contributed by atoms with Crippen LogP contribution in [0.4, 0.5) is 0 Å². The molecule has 1 aromatic carbocycles. The van der Waals surface area contributed by atoms with Gasteiger partial charge in [-0.15, -0.1) is 0 Å². The van der Waals surface area contributed by atoms with Gasteiger partial charge in [0.15, 0.2) is 0 Å². The van der Waals surface area contributed by atoms with E-state index >= 15 is 0 Å². The van der Waals surface area contributed by atoms with Crippen LogP contribution < -0.4 is 5.32 Å². The van der Waals surface area contributed by atoms with Crippen LogP contribution in [0.3, 0.4) is 0 Å². The van der Waals surface area contributed by atoms with E-state index < -0.39 is 0 Å². The molecule has 1 aliphatic carbocycles. The van der Waals surface area contributed by atoms with Crippen LogP contribution in [0.25, 0.3) is 0 Å². The number of rotatable bonds is 3. The summed E-state index contributed by atoms with van der Waals surface area (Å²) in [4.78, 5) is 0. The Morgan fingerprint density at radius 3 is 2.84 bits per heavy atom. The summed E-state index contributed by atoms with van der Waals surface area (Å²) in [5.74, 6) is 0.892. The maximum atomic E-state index is 8.88. The summed E-state index contributed by atoms with van der Waals surface area (Å²) in [7, 11) is 0. The molecule has 1 aromatic rings. The molecule has 0 aromatic heterocycles. The van der Waals surface area contributed by atoms with Gasteiger partial charge in [0, 0.05) is 12.6 Å². The van der Waals surface area contributed by atoms with E-state index in [1.54, 1.807) is 0 Å². The molecule has 0 aliphatic heterocycles. The first kappa shape index (κ1) is 14.1. The Bertz CT molecular complexity index is 459. The van der Waals surface area contributed by atoms with Crippen molar-refractivity contribution in [2.75, 3.05) is 0 Å². The van der Waals surface area contributed by atoms with Crippen LogP contribution in [0.1, 0.15) is 55.7 Å². The number of nitrogens with one attached hydrogen (secondary N) is 1. The molecule has 0 amide bonds. The van der Waals surface area contributed by atoms with Gasteiger partial charge in [-0.05, 0) is 55.4 Å². The van der Waals surface area contributed by atoms with Crippen molar-refractivity contribution in [1.29, 1.82) is 5.26 Å². The first-order chi connectivity index (χ1) is 9.19. The summed E-state index contributed by atoms with van der Waals surface area (Å²) in [5.41, 5.74) is 3.29. The molecule has 2 nitrogen and oxygen atoms in total. The van der Waals surface area contributed by atoms with Crippen LogP contribution in [-0.4, -0.2) is 6.04 Å². The fourth-order valence-corrected chi connectivity index (χ4v) is 2.91. The molecule has 2 unspecified atom stereocenters. The largest absolute Gasteiger partial charge is 0.310 e. The average molecular weight is 256 g/mol. The van der Waals surface area contributed by atoms with Crippen molar-refractivity contribution in [3.05, 3.63) is 34.9 Å². The minimum atomic E-state index is 0.667. The van der Waals surface area contributed by atoms with E-state index in [1.165, 1.54) is 43.2 Å². The van der Waals surface area contributed by atoms with E-state index in [4.69, 9.17) is 5.26 Å². The minimum absolute atomic E-state index is 0.667. The normalized spacial score (nSPS) is 23.6. The van der Waals surface area contributed by atoms with Crippen LogP contribution in [0.2, 0.25) is 0 Å². The summed E-state index contributed by atoms with van der Waals surface area (Å²) in [6.45, 7) is 5.39. The van der Waals surface area contributed by atoms with E-state index in [0.717, 1.165) is 18.0 Å². The standard InChI is InChI=1S/C17H24N2/c1-13-4-3-5-17(9-6-13)19-12-16-8-7-15(11-18)10-14(16)2/h7-8,10,13,17,19H,3-6,9,12H2,1-2H3. The quantitative estimate of drug-likeness (QED) is 0.832. The van der Waals surface area contributed by atoms with Crippen LogP contribution in [0.15, 0.2) is 18.2 Å². The average Bonchev–Trinajstić information content (AvgIpc) is 2.62. The third kappa shape index (κ3) is 4.08. The summed E-state index contributed by atoms with van der Waals surface area (Å²) in [6, 6.07) is 8.84. The maximum Gasteiger partial charge on any atom is 0.0991 e. The number of benzene rings is 1. The van der Waals surface area contributed by atoms with E-state index in [9.17, 15) is 0 Å². The second kappa shape index (κ2) is 6.73. The highest BCUT2D eigenvalue weighted by Crippen LogP contribution is 2.23. The Hall–Kier alpha value is -1.33. The zero-order chi connectivity index (χ0) is 13.7. The Balaban J connectivity index is 1.90. The predicted molar refractivity (Wildman–Crippen MR) is 78.8 cm³/mol. The molecule has 0 spiro atoms. The van der Waals surface area contributed by atoms with Gasteiger partial charge < -0.3 is 5.32 Å². The fraction of sp³-hybridized carbons (Fsp3) is 0.588. The highest BCUT2D eigenvalue weighted by molar-refractivity contribution is 5.37. The summed E-state index contributed by atoms with van der Waals surface area (Å²) in [5, 5.41) is 12.6. The summed E-state index contributed by atoms with van der Waals surface area (Å²) < 4.78 is 0. The molecular formula is C17H24N2. The molecule has 0 saturated heterocycles. The van der Waals surface area contributed by atoms with Crippen molar-refractivity contribution in [3.8, 4) is 6.07 Å². The van der Waals surface area contributed by atoms with Crippen LogP contribution in [0, 0.1) is 24.2 Å². The van der Waals surface area contributed by atoms with E-state index in [0.29, 0.717) is 6.04 Å². The third-order valence-corrected chi connectivity index (χ3v) is 4.31. The van der Waals surface area contributed by atoms with E-state index in [2.05, 4.69) is 31.3 Å². The van der Waals surface area contributed by atoms with Crippen LogP contribution >= 0.6 is 0 Å². The smallest absolute Gasteiger partial charge is 0.0991 e. The van der Waals surface area contributed by atoms with Gasteiger partial charge in [-0.25, -0.2) is 0 Å². The summed E-state index contributed by atoms with van der Waals surface area (Å²) >= 11 is 0. The molecule has 0 bridgehead atoms. The van der Waals surface area contributed by atoms with Crippen molar-refractivity contribution < 1.29 is 0 Å². The zero-order valence-corrected chi connectivity index (χ0v) is 12.1. The SMILES string of the molecule is Cc1cc(C#N)ccc1CNC1CCCC(C)CC1. The predicted octanol–water partition coefficient (Wildman–Crippen LogP) is 3.93. The second-order valence-corrected chi connectivity index (χ2v) is 5.94. The lowest BCUT2D eigenvalue weighted by Gasteiger charge is -2.17. The minimum Gasteiger partial charge on any atom is -0.310 e. The lowest BCUT2D eigenvalue weighted by molar-refractivity contribution is 0.447. The van der Waals surface area contributed by atoms with Crippen LogP contribution in [0.5, 0.6) is 0 Å². The number of nitriles is 1. The van der Waals surface area contributed by atoms with Crippen molar-refractivity contribution in [3.63, 3.8) is 0 Å². The number of hydrogen-bond donors (Lipinski definition) is 1. The molecule has 2 heteroatoms. The molecule has 1 fully saturated rings. The Morgan fingerprint density at radius 2 is 2.11 bits per heavy atom. The zero-order valence-electron chi connectivity index (χ0n) is 12.1. The lowest BCUT2D eigenvalue weighted by Crippen LogP contribution is -2.28. The van der Waals surface area contributed by atoms with Gasteiger partial charge in [-0.2, -0.15) is 5.26 Å². The second-order valence-electron chi connectivity index (χ2n) is 5.94. The van der Waals surface area contributed by atoms with Gasteiger partial charge in [0.1, 0.15) is 0 Å². The highest BCUT2D eigenvalue weighted by Gasteiger charge is 2.15. The van der Waals surface area contributed by atoms with Crippen LogP contribution in [-0.2, 0) is 6.54 Å². The van der Waals surface area contributed by atoms with Gasteiger partial charge in [-0.1, -0.05) is 25.8 Å². The van der Waals surface area contributed by atoms with E-state index in [-0.39, 0.29) is 0 Å². The van der Waals surface area contributed by atoms with Gasteiger partial charge >= 0.3 is 0 Å². The molecule has 1 aliphatic rings. The molecule has 19 heavy (non-hydrogen) atoms. The molecule has 1 N–H and O–H groups in total. The molecule has 1 saturated carbocycles. The van der Waals surface area contributed by atoms with Gasteiger partial charge in [0.05, 0.1) is 11.6 Å². The number of hydrogen-bond acceptors (Lipinski definition) is 2. The molecule has 2 rings (SSSR count). The molecule has 0 heterocycles. The molecule has 102 valence electrons. The number of aryl methyl sites for hydroxylation is 1. The molecule has 0 radical (unpaired) electrons. The monoisotopic (exact) mass is 256 g/mol. The van der Waals surface area contributed by atoms with Crippen molar-refractivity contribution >= 4 is 0 Å². The van der Waals surface area contributed by atoms with E-state index in [1.807, 2.05) is 12.1 Å². The maximum absolute atomic E-state index is 8.88. The lowest BCUT2D eigenvalue weighted by atomic mass is 10.0. The van der Waals surface area contributed by atoms with Gasteiger partial charge in [0.2, 0.25) is 0 Å². The van der Waals surface area contributed by atoms with Crippen molar-refractivity contribution in [2.45, 2.75) is 58.5 Å². The molecular weight excluding hydrogens is 232 g/mol. The Labute approximate surface area is 116 Å². The van der Waals surface area contributed by atoms with Crippen molar-refractivity contribution in [2.24, 2.45) is 5.92 Å².